The van der Waals surface area contributed by atoms with E-state index in [1.807, 2.05) is 13.8 Å². The summed E-state index contributed by atoms with van der Waals surface area (Å²) in [5, 5.41) is 6.01. The number of ether oxygens (including phenoxy) is 2. The first-order valence-electron chi connectivity index (χ1n) is 8.67. The number of halogens is 1. The molecule has 1 aromatic carbocycles. The van der Waals surface area contributed by atoms with E-state index in [0.717, 1.165) is 6.54 Å². The first-order valence-corrected chi connectivity index (χ1v) is 10.1. The van der Waals surface area contributed by atoms with Crippen molar-refractivity contribution >= 4 is 28.3 Å². The van der Waals surface area contributed by atoms with Gasteiger partial charge in [0.15, 0.2) is 0 Å². The number of amides is 1. The SMILES string of the molecule is CCN[C@H](C)CNC(=O)c1cc(S(=O)(=O)N2CCOCC2)ccc1OC.Cl. The maximum absolute atomic E-state index is 12.8. The predicted octanol–water partition coefficient (Wildman–Crippen LogP) is 0.866. The van der Waals surface area contributed by atoms with Gasteiger partial charge >= 0.3 is 0 Å². The molecule has 8 nitrogen and oxygen atoms in total. The van der Waals surface area contributed by atoms with Crippen molar-refractivity contribution in [1.29, 1.82) is 0 Å². The molecule has 0 aromatic heterocycles. The van der Waals surface area contributed by atoms with Crippen molar-refractivity contribution in [3.05, 3.63) is 23.8 Å². The van der Waals surface area contributed by atoms with Crippen LogP contribution in [0.2, 0.25) is 0 Å². The number of methoxy groups -OCH3 is 1. The smallest absolute Gasteiger partial charge is 0.255 e. The predicted molar refractivity (Wildman–Crippen MR) is 105 cm³/mol. The second kappa shape index (κ2) is 10.8. The van der Waals surface area contributed by atoms with Crippen molar-refractivity contribution < 1.29 is 22.7 Å². The van der Waals surface area contributed by atoms with Gasteiger partial charge in [-0.05, 0) is 31.7 Å². The number of carbonyl (C=O) groups excluding carboxylic acids is 1. The highest BCUT2D eigenvalue weighted by molar-refractivity contribution is 7.89. The fraction of sp³-hybridized carbons (Fsp3) is 0.588. The Kier molecular flexibility index (Phi) is 9.48. The number of hydrogen-bond acceptors (Lipinski definition) is 6. The lowest BCUT2D eigenvalue weighted by Crippen LogP contribution is -2.41. The maximum Gasteiger partial charge on any atom is 0.255 e. The van der Waals surface area contributed by atoms with Crippen LogP contribution in [0.5, 0.6) is 5.75 Å². The van der Waals surface area contributed by atoms with Gasteiger partial charge in [0, 0.05) is 25.7 Å². The van der Waals surface area contributed by atoms with Crippen LogP contribution in [-0.4, -0.2) is 71.2 Å². The van der Waals surface area contributed by atoms with Gasteiger partial charge in [0.1, 0.15) is 5.75 Å². The fourth-order valence-corrected chi connectivity index (χ4v) is 4.16. The van der Waals surface area contributed by atoms with Crippen molar-refractivity contribution in [2.24, 2.45) is 0 Å². The molecule has 0 bridgehead atoms. The monoisotopic (exact) mass is 421 g/mol. The molecule has 1 aliphatic rings. The molecule has 2 N–H and O–H groups in total. The standard InChI is InChI=1S/C17H27N3O5S.ClH/c1-4-18-13(2)12-19-17(21)15-11-14(5-6-16(15)24-3)26(22,23)20-7-9-25-10-8-20;/h5-6,11,13,18H,4,7-10,12H2,1-3H3,(H,19,21);1H/t13-;/m1./s1. The van der Waals surface area contributed by atoms with E-state index in [9.17, 15) is 13.2 Å². The van der Waals surface area contributed by atoms with E-state index in [-0.39, 0.29) is 34.8 Å². The van der Waals surface area contributed by atoms with E-state index in [2.05, 4.69) is 10.6 Å². The van der Waals surface area contributed by atoms with Crippen molar-refractivity contribution in [2.45, 2.75) is 24.8 Å². The van der Waals surface area contributed by atoms with Gasteiger partial charge in [0.25, 0.3) is 5.91 Å². The summed E-state index contributed by atoms with van der Waals surface area (Å²) < 4.78 is 37.4. The molecule has 0 aliphatic carbocycles. The Labute approximate surface area is 167 Å². The molecule has 154 valence electrons. The third-order valence-corrected chi connectivity index (χ3v) is 6.04. The van der Waals surface area contributed by atoms with E-state index >= 15 is 0 Å². The van der Waals surface area contributed by atoms with Crippen LogP contribution in [0.3, 0.4) is 0 Å². The first-order chi connectivity index (χ1) is 12.4. The van der Waals surface area contributed by atoms with Crippen molar-refractivity contribution in [3.8, 4) is 5.75 Å². The number of benzene rings is 1. The number of nitrogens with zero attached hydrogens (tertiary/aromatic N) is 1. The Balaban J connectivity index is 0.00000364. The summed E-state index contributed by atoms with van der Waals surface area (Å²) in [5.74, 6) is -0.0369. The van der Waals surface area contributed by atoms with Gasteiger partial charge in [-0.15, -0.1) is 12.4 Å². The maximum atomic E-state index is 12.8. The second-order valence-corrected chi connectivity index (χ2v) is 7.99. The van der Waals surface area contributed by atoms with Crippen LogP contribution < -0.4 is 15.4 Å². The zero-order valence-electron chi connectivity index (χ0n) is 15.9. The second-order valence-electron chi connectivity index (χ2n) is 6.05. The van der Waals surface area contributed by atoms with Crippen LogP contribution in [0.25, 0.3) is 0 Å². The number of hydrogen-bond donors (Lipinski definition) is 2. The average Bonchev–Trinajstić information content (AvgIpc) is 2.66. The van der Waals surface area contributed by atoms with Crippen LogP contribution in [0, 0.1) is 0 Å². The van der Waals surface area contributed by atoms with Crippen LogP contribution in [0.1, 0.15) is 24.2 Å². The Morgan fingerprint density at radius 1 is 1.33 bits per heavy atom. The number of carbonyl (C=O) groups is 1. The van der Waals surface area contributed by atoms with Gasteiger partial charge in [-0.3, -0.25) is 4.79 Å². The molecule has 0 unspecified atom stereocenters. The van der Waals surface area contributed by atoms with Gasteiger partial charge in [-0.25, -0.2) is 8.42 Å². The molecule has 1 aromatic rings. The van der Waals surface area contributed by atoms with Crippen LogP contribution in [0.15, 0.2) is 23.1 Å². The molecule has 0 spiro atoms. The highest BCUT2D eigenvalue weighted by Crippen LogP contribution is 2.25. The van der Waals surface area contributed by atoms with Gasteiger partial charge < -0.3 is 20.1 Å². The molecule has 2 rings (SSSR count). The fourth-order valence-electron chi connectivity index (χ4n) is 2.72. The Morgan fingerprint density at radius 2 is 2.00 bits per heavy atom. The molecular weight excluding hydrogens is 394 g/mol. The lowest BCUT2D eigenvalue weighted by Gasteiger charge is -2.26. The molecule has 0 radical (unpaired) electrons. The average molecular weight is 422 g/mol. The van der Waals surface area contributed by atoms with Gasteiger partial charge in [0.05, 0.1) is 30.8 Å². The summed E-state index contributed by atoms with van der Waals surface area (Å²) in [6.07, 6.45) is 0. The molecule has 1 amide bonds. The number of nitrogens with one attached hydrogen (secondary N) is 2. The quantitative estimate of drug-likeness (QED) is 0.646. The van der Waals surface area contributed by atoms with Crippen molar-refractivity contribution in [1.82, 2.24) is 14.9 Å². The van der Waals surface area contributed by atoms with Crippen molar-refractivity contribution in [3.63, 3.8) is 0 Å². The largest absolute Gasteiger partial charge is 0.496 e. The summed E-state index contributed by atoms with van der Waals surface area (Å²) in [6.45, 7) is 6.51. The van der Waals surface area contributed by atoms with E-state index in [4.69, 9.17) is 9.47 Å². The molecule has 1 aliphatic heterocycles. The Bertz CT molecular complexity index is 723. The zero-order chi connectivity index (χ0) is 19.2. The highest BCUT2D eigenvalue weighted by Gasteiger charge is 2.28. The van der Waals surface area contributed by atoms with Crippen LogP contribution in [0.4, 0.5) is 0 Å². The molecule has 10 heteroatoms. The van der Waals surface area contributed by atoms with E-state index in [1.165, 1.54) is 29.6 Å². The van der Waals surface area contributed by atoms with Crippen LogP contribution >= 0.6 is 12.4 Å². The number of sulfonamides is 1. The lowest BCUT2D eigenvalue weighted by atomic mass is 10.2. The lowest BCUT2D eigenvalue weighted by molar-refractivity contribution is 0.0730. The minimum absolute atomic E-state index is 0. The normalized spacial score (nSPS) is 16.3. The summed E-state index contributed by atoms with van der Waals surface area (Å²) >= 11 is 0. The van der Waals surface area contributed by atoms with E-state index in [1.54, 1.807) is 0 Å². The molecule has 1 atom stereocenters. The molecule has 27 heavy (non-hydrogen) atoms. The van der Waals surface area contributed by atoms with Gasteiger partial charge in [-0.2, -0.15) is 4.31 Å². The third kappa shape index (κ3) is 6.05. The first kappa shape index (κ1) is 23.6. The molecular formula is C17H28ClN3O5S. The molecule has 1 saturated heterocycles. The Morgan fingerprint density at radius 3 is 2.59 bits per heavy atom. The molecule has 1 fully saturated rings. The minimum Gasteiger partial charge on any atom is -0.496 e. The molecule has 1 heterocycles. The van der Waals surface area contributed by atoms with Crippen molar-refractivity contribution in [2.75, 3.05) is 46.5 Å². The molecule has 0 saturated carbocycles. The Hall–Kier alpha value is -1.39. The van der Waals surface area contributed by atoms with Gasteiger partial charge in [-0.1, -0.05) is 6.92 Å². The van der Waals surface area contributed by atoms with Gasteiger partial charge in [0.2, 0.25) is 10.0 Å². The number of likely N-dealkylation sites (N-methyl/N-ethyl adjacent to an activating group) is 1. The number of morpholine rings is 1. The van der Waals surface area contributed by atoms with Crippen LogP contribution in [-0.2, 0) is 14.8 Å². The minimum atomic E-state index is -3.68. The highest BCUT2D eigenvalue weighted by atomic mass is 35.5. The van der Waals surface area contributed by atoms with E-state index in [0.29, 0.717) is 38.6 Å². The third-order valence-electron chi connectivity index (χ3n) is 4.14. The summed E-state index contributed by atoms with van der Waals surface area (Å²) in [6, 6.07) is 4.45. The summed E-state index contributed by atoms with van der Waals surface area (Å²) in [4.78, 5) is 12.6. The topological polar surface area (TPSA) is 97.0 Å². The van der Waals surface area contributed by atoms with E-state index < -0.39 is 10.0 Å². The zero-order valence-corrected chi connectivity index (χ0v) is 17.5. The summed E-state index contributed by atoms with van der Waals surface area (Å²) in [5.41, 5.74) is 0.200. The number of rotatable bonds is 8. The summed E-state index contributed by atoms with van der Waals surface area (Å²) in [7, 11) is -2.23.